The number of rotatable bonds is 4. The summed E-state index contributed by atoms with van der Waals surface area (Å²) in [6.07, 6.45) is 0. The molecule has 0 bridgehead atoms. The molecule has 0 heterocycles. The lowest BCUT2D eigenvalue weighted by Crippen LogP contribution is -2.26. The van der Waals surface area contributed by atoms with Gasteiger partial charge in [-0.2, -0.15) is 0 Å². The Morgan fingerprint density at radius 2 is 2.14 bits per heavy atom. The molecule has 0 aliphatic heterocycles. The lowest BCUT2D eigenvalue weighted by Gasteiger charge is -2.11. The predicted molar refractivity (Wildman–Crippen MR) is 57.1 cm³/mol. The van der Waals surface area contributed by atoms with Crippen LogP contribution in [0.1, 0.15) is 17.3 Å². The number of hydrogen-bond donors (Lipinski definition) is 3. The van der Waals surface area contributed by atoms with Gasteiger partial charge in [-0.15, -0.1) is 0 Å². The number of nitrogens with two attached hydrogens (primary N) is 2. The molecule has 1 aromatic carbocycles. The maximum absolute atomic E-state index is 11.0. The summed E-state index contributed by atoms with van der Waals surface area (Å²) in [6, 6.07) is 7.15. The molecule has 14 heavy (non-hydrogen) atoms. The van der Waals surface area contributed by atoms with E-state index >= 15 is 0 Å². The van der Waals surface area contributed by atoms with Crippen LogP contribution in [-0.2, 0) is 0 Å². The van der Waals surface area contributed by atoms with Gasteiger partial charge >= 0.3 is 0 Å². The highest BCUT2D eigenvalue weighted by Gasteiger charge is 2.06. The van der Waals surface area contributed by atoms with Crippen LogP contribution in [0.4, 0.5) is 5.69 Å². The average molecular weight is 193 g/mol. The predicted octanol–water partition coefficient (Wildman–Crippen LogP) is 0.545. The molecule has 0 saturated heterocycles. The van der Waals surface area contributed by atoms with Gasteiger partial charge in [-0.05, 0) is 19.1 Å². The topological polar surface area (TPSA) is 81.1 Å². The maximum atomic E-state index is 11.0. The third-order valence-electron chi connectivity index (χ3n) is 1.81. The van der Waals surface area contributed by atoms with E-state index in [9.17, 15) is 4.79 Å². The molecule has 4 nitrogen and oxygen atoms in total. The molecule has 0 spiro atoms. The number of para-hydroxylation sites is 1. The SMILES string of the molecule is CC(N)CNc1ccccc1C(N)=O. The van der Waals surface area contributed by atoms with E-state index in [1.807, 2.05) is 19.1 Å². The van der Waals surface area contributed by atoms with Crippen LogP contribution in [0.5, 0.6) is 0 Å². The number of benzene rings is 1. The van der Waals surface area contributed by atoms with Crippen LogP contribution < -0.4 is 16.8 Å². The van der Waals surface area contributed by atoms with Crippen molar-refractivity contribution >= 4 is 11.6 Å². The van der Waals surface area contributed by atoms with Crippen molar-refractivity contribution in [3.63, 3.8) is 0 Å². The molecule has 5 N–H and O–H groups in total. The van der Waals surface area contributed by atoms with E-state index in [0.717, 1.165) is 5.69 Å². The van der Waals surface area contributed by atoms with Gasteiger partial charge in [-0.3, -0.25) is 4.79 Å². The van der Waals surface area contributed by atoms with Gasteiger partial charge in [0.15, 0.2) is 0 Å². The Bertz CT molecular complexity index is 323. The molecular formula is C10H15N3O. The first-order chi connectivity index (χ1) is 6.61. The second-order valence-electron chi connectivity index (χ2n) is 3.27. The van der Waals surface area contributed by atoms with E-state index in [2.05, 4.69) is 5.32 Å². The van der Waals surface area contributed by atoms with Crippen molar-refractivity contribution in [2.24, 2.45) is 11.5 Å². The number of primary amides is 1. The van der Waals surface area contributed by atoms with Crippen molar-refractivity contribution in [2.45, 2.75) is 13.0 Å². The molecule has 1 atom stereocenters. The molecule has 1 amide bonds. The van der Waals surface area contributed by atoms with E-state index in [4.69, 9.17) is 11.5 Å². The normalized spacial score (nSPS) is 12.1. The zero-order valence-electron chi connectivity index (χ0n) is 8.16. The first-order valence-corrected chi connectivity index (χ1v) is 4.49. The highest BCUT2D eigenvalue weighted by molar-refractivity contribution is 5.98. The minimum atomic E-state index is -0.433. The Labute approximate surface area is 83.3 Å². The Morgan fingerprint density at radius 1 is 1.50 bits per heavy atom. The average Bonchev–Trinajstić information content (AvgIpc) is 2.15. The van der Waals surface area contributed by atoms with Crippen molar-refractivity contribution in [3.8, 4) is 0 Å². The molecule has 76 valence electrons. The van der Waals surface area contributed by atoms with Gasteiger partial charge in [0.2, 0.25) is 0 Å². The van der Waals surface area contributed by atoms with Crippen molar-refractivity contribution in [1.29, 1.82) is 0 Å². The minimum absolute atomic E-state index is 0.0379. The summed E-state index contributed by atoms with van der Waals surface area (Å²) in [4.78, 5) is 11.0. The summed E-state index contributed by atoms with van der Waals surface area (Å²) in [5, 5.41) is 3.07. The molecular weight excluding hydrogens is 178 g/mol. The van der Waals surface area contributed by atoms with Crippen LogP contribution >= 0.6 is 0 Å². The van der Waals surface area contributed by atoms with Gasteiger partial charge < -0.3 is 16.8 Å². The molecule has 4 heteroatoms. The molecule has 0 aromatic heterocycles. The molecule has 1 unspecified atom stereocenters. The number of carbonyl (C=O) groups excluding carboxylic acids is 1. The quantitative estimate of drug-likeness (QED) is 0.653. The first kappa shape index (κ1) is 10.5. The third kappa shape index (κ3) is 2.74. The summed E-state index contributed by atoms with van der Waals surface area (Å²) in [7, 11) is 0. The highest BCUT2D eigenvalue weighted by Crippen LogP contribution is 2.13. The fourth-order valence-corrected chi connectivity index (χ4v) is 1.12. The van der Waals surface area contributed by atoms with Gasteiger partial charge in [0.1, 0.15) is 0 Å². The summed E-state index contributed by atoms with van der Waals surface area (Å²) >= 11 is 0. The van der Waals surface area contributed by atoms with Crippen molar-refractivity contribution < 1.29 is 4.79 Å². The van der Waals surface area contributed by atoms with E-state index in [0.29, 0.717) is 12.1 Å². The smallest absolute Gasteiger partial charge is 0.250 e. The Hall–Kier alpha value is -1.55. The Morgan fingerprint density at radius 3 is 2.71 bits per heavy atom. The molecule has 0 radical (unpaired) electrons. The van der Waals surface area contributed by atoms with Crippen LogP contribution in [0.2, 0.25) is 0 Å². The first-order valence-electron chi connectivity index (χ1n) is 4.49. The molecule has 1 aromatic rings. The van der Waals surface area contributed by atoms with E-state index in [1.165, 1.54) is 0 Å². The van der Waals surface area contributed by atoms with Gasteiger partial charge in [-0.1, -0.05) is 12.1 Å². The lowest BCUT2D eigenvalue weighted by atomic mass is 10.1. The number of amides is 1. The molecule has 1 rings (SSSR count). The highest BCUT2D eigenvalue weighted by atomic mass is 16.1. The second kappa shape index (κ2) is 4.62. The van der Waals surface area contributed by atoms with Crippen molar-refractivity contribution in [3.05, 3.63) is 29.8 Å². The standard InChI is InChI=1S/C10H15N3O/c1-7(11)6-13-9-5-3-2-4-8(9)10(12)14/h2-5,7,13H,6,11H2,1H3,(H2,12,14). The maximum Gasteiger partial charge on any atom is 0.250 e. The number of hydrogen-bond acceptors (Lipinski definition) is 3. The van der Waals surface area contributed by atoms with Gasteiger partial charge in [0.05, 0.1) is 5.56 Å². The van der Waals surface area contributed by atoms with Crippen molar-refractivity contribution in [1.82, 2.24) is 0 Å². The summed E-state index contributed by atoms with van der Waals surface area (Å²) in [6.45, 7) is 2.50. The van der Waals surface area contributed by atoms with Crippen molar-refractivity contribution in [2.75, 3.05) is 11.9 Å². The summed E-state index contributed by atoms with van der Waals surface area (Å²) in [5.74, 6) is -0.433. The van der Waals surface area contributed by atoms with Crippen LogP contribution in [-0.4, -0.2) is 18.5 Å². The monoisotopic (exact) mass is 193 g/mol. The zero-order valence-corrected chi connectivity index (χ0v) is 8.16. The third-order valence-corrected chi connectivity index (χ3v) is 1.81. The number of nitrogens with one attached hydrogen (secondary N) is 1. The summed E-state index contributed by atoms with van der Waals surface area (Å²) in [5.41, 5.74) is 12.0. The van der Waals surface area contributed by atoms with Gasteiger partial charge in [-0.25, -0.2) is 0 Å². The molecule has 0 aliphatic rings. The summed E-state index contributed by atoms with van der Waals surface area (Å²) < 4.78 is 0. The fraction of sp³-hybridized carbons (Fsp3) is 0.300. The Balaban J connectivity index is 2.79. The zero-order chi connectivity index (χ0) is 10.6. The largest absolute Gasteiger partial charge is 0.383 e. The lowest BCUT2D eigenvalue weighted by molar-refractivity contribution is 0.100. The fourth-order valence-electron chi connectivity index (χ4n) is 1.12. The van der Waals surface area contributed by atoms with Gasteiger partial charge in [0.25, 0.3) is 5.91 Å². The van der Waals surface area contributed by atoms with E-state index in [1.54, 1.807) is 12.1 Å². The number of carbonyl (C=O) groups is 1. The second-order valence-corrected chi connectivity index (χ2v) is 3.27. The van der Waals surface area contributed by atoms with Crippen LogP contribution in [0.3, 0.4) is 0 Å². The van der Waals surface area contributed by atoms with Gasteiger partial charge in [0, 0.05) is 18.3 Å². The van der Waals surface area contributed by atoms with E-state index < -0.39 is 5.91 Å². The molecule has 0 fully saturated rings. The van der Waals surface area contributed by atoms with Crippen LogP contribution in [0, 0.1) is 0 Å². The Kier molecular flexibility index (Phi) is 3.48. The number of anilines is 1. The van der Waals surface area contributed by atoms with Crippen LogP contribution in [0.15, 0.2) is 24.3 Å². The molecule has 0 aliphatic carbocycles. The minimum Gasteiger partial charge on any atom is -0.383 e. The van der Waals surface area contributed by atoms with E-state index in [-0.39, 0.29) is 6.04 Å². The van der Waals surface area contributed by atoms with Crippen LogP contribution in [0.25, 0.3) is 0 Å². The molecule has 0 saturated carbocycles.